The van der Waals surface area contributed by atoms with Crippen molar-refractivity contribution in [2.45, 2.75) is 181 Å². The Morgan fingerprint density at radius 2 is 0.840 bits per heavy atom. The van der Waals surface area contributed by atoms with Crippen molar-refractivity contribution >= 4 is 11.8 Å². The van der Waals surface area contributed by atoms with Gasteiger partial charge in [-0.25, -0.2) is 0 Å². The molecule has 0 radical (unpaired) electrons. The average molecular weight is 741 g/mol. The molecule has 0 saturated carbocycles. The molecule has 0 aromatic carbocycles. The van der Waals surface area contributed by atoms with Crippen LogP contribution in [0, 0.1) is 11.8 Å². The van der Waals surface area contributed by atoms with Gasteiger partial charge in [0, 0.05) is 58.1 Å². The number of hydrogen-bond acceptors (Lipinski definition) is 11. The van der Waals surface area contributed by atoms with E-state index in [9.17, 15) is 15.3 Å². The molecule has 6 unspecified atom stereocenters. The largest absolute Gasteiger partial charge is 0.396 e. The fourth-order valence-corrected chi connectivity index (χ4v) is 5.96. The van der Waals surface area contributed by atoms with E-state index in [0.29, 0.717) is 46.2 Å². The molecule has 10 nitrogen and oxygen atoms in total. The predicted molar refractivity (Wildman–Crippen MR) is 205 cm³/mol. The highest BCUT2D eigenvalue weighted by atomic mass is 32.2. The summed E-state index contributed by atoms with van der Waals surface area (Å²) in [6.07, 6.45) is 6.84. The van der Waals surface area contributed by atoms with Crippen LogP contribution in [0.2, 0.25) is 0 Å². The SMILES string of the molecule is CCCCOCC(C)[C@@H](OCCCC)C(OCCCC)C(O[C@@H](O)C(OCCCC)C(OCCCC)[C@H](OCCCC)C(C)CO)[C@H](O)SC. The molecule has 0 aliphatic carbocycles. The predicted octanol–water partition coefficient (Wildman–Crippen LogP) is 7.38. The van der Waals surface area contributed by atoms with Gasteiger partial charge in [-0.1, -0.05) is 93.9 Å². The van der Waals surface area contributed by atoms with Gasteiger partial charge >= 0.3 is 0 Å². The topological polar surface area (TPSA) is 125 Å². The zero-order valence-corrected chi connectivity index (χ0v) is 34.3. The fraction of sp³-hybridized carbons (Fsp3) is 1.00. The Kier molecular flexibility index (Phi) is 33.5. The van der Waals surface area contributed by atoms with Crippen LogP contribution in [0.1, 0.15) is 132 Å². The maximum atomic E-state index is 12.1. The number of unbranched alkanes of at least 4 members (excludes halogenated alkanes) is 6. The standard InChI is InChI=1S/C39H80O10S/c1-10-16-22-43-29-31(8)33(45-24-18-12-3)35(47-26-20-14-5)37(39(42)50-9)49-38(41)36(48-27-21-15-6)34(46-25-19-13-4)32(30(7)28-40)44-23-17-11-2/h30-42H,10-29H2,1-9H3/t30?,31?,32-,33-,34?,35?,36?,37?,38-,39-/m1/s1. The van der Waals surface area contributed by atoms with Crippen molar-refractivity contribution in [1.29, 1.82) is 0 Å². The van der Waals surface area contributed by atoms with E-state index in [2.05, 4.69) is 48.5 Å². The molecule has 0 aliphatic rings. The summed E-state index contributed by atoms with van der Waals surface area (Å²) >= 11 is 1.23. The minimum absolute atomic E-state index is 0.0730. The van der Waals surface area contributed by atoms with Crippen LogP contribution in [0.3, 0.4) is 0 Å². The first kappa shape index (κ1) is 49.9. The monoisotopic (exact) mass is 741 g/mol. The Morgan fingerprint density at radius 3 is 1.24 bits per heavy atom. The summed E-state index contributed by atoms with van der Waals surface area (Å²) in [5.74, 6) is -0.360. The van der Waals surface area contributed by atoms with Gasteiger partial charge in [0.15, 0.2) is 6.29 Å². The molecule has 0 rings (SSSR count). The summed E-state index contributed by atoms with van der Waals surface area (Å²) in [4.78, 5) is 0. The zero-order valence-electron chi connectivity index (χ0n) is 33.5. The lowest BCUT2D eigenvalue weighted by Gasteiger charge is -2.42. The van der Waals surface area contributed by atoms with Gasteiger partial charge in [-0.05, 0) is 44.8 Å². The van der Waals surface area contributed by atoms with Crippen molar-refractivity contribution in [1.82, 2.24) is 0 Å². The van der Waals surface area contributed by atoms with E-state index in [1.807, 2.05) is 13.2 Å². The minimum atomic E-state index is -1.50. The smallest absolute Gasteiger partial charge is 0.184 e. The van der Waals surface area contributed by atoms with Crippen LogP contribution >= 0.6 is 11.8 Å². The third kappa shape index (κ3) is 21.0. The summed E-state index contributed by atoms with van der Waals surface area (Å²) in [5.41, 5.74) is -1.04. The molecule has 302 valence electrons. The molecule has 11 heteroatoms. The molecule has 3 N–H and O–H groups in total. The number of rotatable bonds is 37. The van der Waals surface area contributed by atoms with E-state index >= 15 is 0 Å². The Hall–Kier alpha value is -0.0500. The molecular formula is C39H80O10S. The lowest BCUT2D eigenvalue weighted by Crippen LogP contribution is -2.56. The van der Waals surface area contributed by atoms with E-state index in [4.69, 9.17) is 33.2 Å². The molecule has 0 heterocycles. The van der Waals surface area contributed by atoms with Crippen LogP contribution in [-0.4, -0.2) is 123 Å². The molecule has 0 amide bonds. The molecule has 0 fully saturated rings. The van der Waals surface area contributed by atoms with E-state index in [0.717, 1.165) is 77.0 Å². The fourth-order valence-electron chi connectivity index (χ4n) is 5.47. The average Bonchev–Trinajstić information content (AvgIpc) is 3.12. The summed E-state index contributed by atoms with van der Waals surface area (Å²) in [7, 11) is 0. The van der Waals surface area contributed by atoms with Crippen LogP contribution in [-0.2, 0) is 33.2 Å². The maximum absolute atomic E-state index is 12.1. The number of aliphatic hydroxyl groups is 3. The zero-order chi connectivity index (χ0) is 37.6. The highest BCUT2D eigenvalue weighted by Gasteiger charge is 2.45. The number of thioether (sulfide) groups is 1. The minimum Gasteiger partial charge on any atom is -0.396 e. The Labute approximate surface area is 311 Å². The number of ether oxygens (including phenoxy) is 7. The molecule has 0 bridgehead atoms. The van der Waals surface area contributed by atoms with Gasteiger partial charge < -0.3 is 48.5 Å². The second kappa shape index (κ2) is 33.5. The molecular weight excluding hydrogens is 660 g/mol. The molecule has 10 atom stereocenters. The van der Waals surface area contributed by atoms with Gasteiger partial charge in [0.1, 0.15) is 29.9 Å². The molecule has 0 spiro atoms. The van der Waals surface area contributed by atoms with Gasteiger partial charge in [-0.15, -0.1) is 11.8 Å². The van der Waals surface area contributed by atoms with Crippen molar-refractivity contribution in [2.75, 3.05) is 59.1 Å². The third-order valence-electron chi connectivity index (χ3n) is 8.87. The second-order valence-electron chi connectivity index (χ2n) is 13.6. The van der Waals surface area contributed by atoms with Gasteiger partial charge in [0.2, 0.25) is 0 Å². The third-order valence-corrected chi connectivity index (χ3v) is 9.62. The lowest BCUT2D eigenvalue weighted by molar-refractivity contribution is -0.276. The van der Waals surface area contributed by atoms with Crippen LogP contribution in [0.25, 0.3) is 0 Å². The van der Waals surface area contributed by atoms with Gasteiger partial charge in [0.25, 0.3) is 0 Å². The summed E-state index contributed by atoms with van der Waals surface area (Å²) in [5, 5.41) is 33.9. The lowest BCUT2D eigenvalue weighted by atomic mass is 9.94. The quantitative estimate of drug-likeness (QED) is 0.0437. The first-order valence-electron chi connectivity index (χ1n) is 20.0. The van der Waals surface area contributed by atoms with Crippen LogP contribution in [0.4, 0.5) is 0 Å². The van der Waals surface area contributed by atoms with Crippen molar-refractivity contribution in [3.8, 4) is 0 Å². The van der Waals surface area contributed by atoms with Crippen LogP contribution < -0.4 is 0 Å². The Bertz CT molecular complexity index is 722. The van der Waals surface area contributed by atoms with Crippen molar-refractivity contribution < 1.29 is 48.5 Å². The maximum Gasteiger partial charge on any atom is 0.184 e. The van der Waals surface area contributed by atoms with Gasteiger partial charge in [-0.3, -0.25) is 0 Å². The Balaban J connectivity index is 6.89. The summed E-state index contributed by atoms with van der Waals surface area (Å²) < 4.78 is 45.1. The van der Waals surface area contributed by atoms with E-state index in [1.165, 1.54) is 11.8 Å². The van der Waals surface area contributed by atoms with E-state index < -0.39 is 48.3 Å². The number of aliphatic hydroxyl groups excluding tert-OH is 3. The van der Waals surface area contributed by atoms with Crippen molar-refractivity contribution in [3.05, 3.63) is 0 Å². The molecule has 0 aliphatic heterocycles. The molecule has 0 aromatic heterocycles. The molecule has 0 saturated heterocycles. The molecule has 50 heavy (non-hydrogen) atoms. The summed E-state index contributed by atoms with van der Waals surface area (Å²) in [6, 6.07) is 0. The van der Waals surface area contributed by atoms with Crippen LogP contribution in [0.15, 0.2) is 0 Å². The van der Waals surface area contributed by atoms with E-state index in [-0.39, 0.29) is 18.4 Å². The first-order chi connectivity index (χ1) is 24.2. The van der Waals surface area contributed by atoms with Gasteiger partial charge in [-0.2, -0.15) is 0 Å². The van der Waals surface area contributed by atoms with E-state index in [1.54, 1.807) is 0 Å². The van der Waals surface area contributed by atoms with Gasteiger partial charge in [0.05, 0.1) is 18.8 Å². The molecule has 0 aromatic rings. The van der Waals surface area contributed by atoms with Crippen molar-refractivity contribution in [3.63, 3.8) is 0 Å². The highest BCUT2D eigenvalue weighted by molar-refractivity contribution is 7.99. The summed E-state index contributed by atoms with van der Waals surface area (Å²) in [6.45, 7) is 20.0. The first-order valence-corrected chi connectivity index (χ1v) is 21.3. The van der Waals surface area contributed by atoms with Crippen LogP contribution in [0.5, 0.6) is 0 Å². The second-order valence-corrected chi connectivity index (χ2v) is 14.6. The Morgan fingerprint density at radius 1 is 0.480 bits per heavy atom. The number of hydrogen-bond donors (Lipinski definition) is 3. The normalized spacial score (nSPS) is 18.2. The highest BCUT2D eigenvalue weighted by Crippen LogP contribution is 2.30. The van der Waals surface area contributed by atoms with Crippen molar-refractivity contribution in [2.24, 2.45) is 11.8 Å².